The molecule has 0 radical (unpaired) electrons. The van der Waals surface area contributed by atoms with Crippen LogP contribution in [0.4, 0.5) is 8.78 Å². The summed E-state index contributed by atoms with van der Waals surface area (Å²) in [7, 11) is 1.42. The van der Waals surface area contributed by atoms with Crippen molar-refractivity contribution in [2.45, 2.75) is 38.3 Å². The van der Waals surface area contributed by atoms with Crippen molar-refractivity contribution < 1.29 is 28.2 Å². The van der Waals surface area contributed by atoms with Crippen molar-refractivity contribution in [3.05, 3.63) is 94.0 Å². The Hall–Kier alpha value is -3.45. The molecule has 0 aliphatic carbocycles. The summed E-state index contributed by atoms with van der Waals surface area (Å²) in [6, 6.07) is 15.4. The Balaban J connectivity index is 1.58. The number of rotatable bonds is 7. The van der Waals surface area contributed by atoms with Crippen LogP contribution in [0.5, 0.6) is 11.5 Å². The molecule has 3 aromatic rings. The van der Waals surface area contributed by atoms with Crippen molar-refractivity contribution in [2.75, 3.05) is 13.7 Å². The van der Waals surface area contributed by atoms with Crippen LogP contribution in [0, 0.1) is 18.6 Å². The zero-order valence-electron chi connectivity index (χ0n) is 19.3. The molecule has 4 rings (SSSR count). The predicted octanol–water partition coefficient (Wildman–Crippen LogP) is 5.61. The third kappa shape index (κ3) is 4.61. The van der Waals surface area contributed by atoms with Crippen LogP contribution in [0.2, 0.25) is 0 Å². The molecule has 0 amide bonds. The number of fused-ring (bicyclic) bond motifs is 1. The fraction of sp³-hybridized carbons (Fsp3) is 0.296. The molecule has 3 aromatic carbocycles. The molecule has 178 valence electrons. The van der Waals surface area contributed by atoms with Gasteiger partial charge in [0.25, 0.3) is 0 Å². The maximum absolute atomic E-state index is 15.3. The first-order valence-electron chi connectivity index (χ1n) is 11.1. The summed E-state index contributed by atoms with van der Waals surface area (Å²) in [6.45, 7) is 4.01. The number of halogens is 2. The molecule has 1 aliphatic rings. The van der Waals surface area contributed by atoms with E-state index in [-0.39, 0.29) is 29.4 Å². The van der Waals surface area contributed by atoms with Crippen LogP contribution >= 0.6 is 0 Å². The van der Waals surface area contributed by atoms with Gasteiger partial charge < -0.3 is 19.9 Å². The van der Waals surface area contributed by atoms with Gasteiger partial charge in [0.2, 0.25) is 0 Å². The summed E-state index contributed by atoms with van der Waals surface area (Å²) in [5.41, 5.74) is 2.13. The Labute approximate surface area is 197 Å². The smallest absolute Gasteiger partial charge is 0.338 e. The minimum atomic E-state index is -1.28. The molecule has 7 heteroatoms. The molecular formula is C27H27F2NO4. The van der Waals surface area contributed by atoms with E-state index >= 15 is 4.39 Å². The quantitative estimate of drug-likeness (QED) is 0.473. The molecule has 0 saturated heterocycles. The molecule has 0 spiro atoms. The van der Waals surface area contributed by atoms with Crippen molar-refractivity contribution in [1.82, 2.24) is 5.32 Å². The standard InChI is InChI=1S/C27H27F2NO4/c1-15-8-10-20(26(29)25(15)27(31)32)21-13-18(34-23-7-5-4-6-19(21)23)14-30-16(2)17-9-11-22(28)24(12-17)33-3/h4-12,16,18,21,30H,13-14H2,1-3H3,(H,31,32). The number of aryl methyl sites for hydroxylation is 1. The van der Waals surface area contributed by atoms with Crippen molar-refractivity contribution in [1.29, 1.82) is 0 Å². The average Bonchev–Trinajstić information content (AvgIpc) is 2.82. The number of benzene rings is 3. The number of carbonyl (C=O) groups is 1. The van der Waals surface area contributed by atoms with Crippen molar-refractivity contribution in [3.63, 3.8) is 0 Å². The molecule has 0 fully saturated rings. The molecule has 1 heterocycles. The monoisotopic (exact) mass is 467 g/mol. The molecule has 0 saturated carbocycles. The number of ether oxygens (including phenoxy) is 2. The Morgan fingerprint density at radius 1 is 1.18 bits per heavy atom. The number of carboxylic acid groups (broad SMARTS) is 1. The van der Waals surface area contributed by atoms with E-state index < -0.39 is 17.6 Å². The van der Waals surface area contributed by atoms with Crippen molar-refractivity contribution >= 4 is 5.97 Å². The molecule has 0 bridgehead atoms. The molecule has 1 aliphatic heterocycles. The van der Waals surface area contributed by atoms with E-state index in [0.717, 1.165) is 11.1 Å². The molecular weight excluding hydrogens is 440 g/mol. The van der Waals surface area contributed by atoms with Crippen LogP contribution < -0.4 is 14.8 Å². The molecule has 3 unspecified atom stereocenters. The first kappa shape index (κ1) is 23.7. The van der Waals surface area contributed by atoms with Crippen LogP contribution in [-0.4, -0.2) is 30.8 Å². The van der Waals surface area contributed by atoms with Gasteiger partial charge in [-0.25, -0.2) is 13.6 Å². The van der Waals surface area contributed by atoms with Crippen LogP contribution in [0.15, 0.2) is 54.6 Å². The second-order valence-electron chi connectivity index (χ2n) is 8.56. The lowest BCUT2D eigenvalue weighted by molar-refractivity contribution is 0.0690. The molecule has 3 atom stereocenters. The minimum absolute atomic E-state index is 0.108. The summed E-state index contributed by atoms with van der Waals surface area (Å²) in [6.07, 6.45) is 0.196. The van der Waals surface area contributed by atoms with E-state index in [1.807, 2.05) is 31.2 Å². The maximum Gasteiger partial charge on any atom is 0.338 e. The van der Waals surface area contributed by atoms with E-state index in [4.69, 9.17) is 9.47 Å². The van der Waals surface area contributed by atoms with Crippen LogP contribution in [0.1, 0.15) is 57.9 Å². The molecule has 0 aromatic heterocycles. The highest BCUT2D eigenvalue weighted by Gasteiger charge is 2.32. The van der Waals surface area contributed by atoms with E-state index in [1.165, 1.54) is 13.2 Å². The second kappa shape index (κ2) is 9.81. The SMILES string of the molecule is COc1cc(C(C)NCC2CC(c3ccc(C)c(C(=O)O)c3F)c3ccccc3O2)ccc1F. The molecule has 34 heavy (non-hydrogen) atoms. The second-order valence-corrected chi connectivity index (χ2v) is 8.56. The van der Waals surface area contributed by atoms with Gasteiger partial charge >= 0.3 is 5.97 Å². The van der Waals surface area contributed by atoms with Gasteiger partial charge in [-0.2, -0.15) is 0 Å². The number of hydrogen-bond donors (Lipinski definition) is 2. The first-order chi connectivity index (χ1) is 16.3. The Bertz CT molecular complexity index is 1210. The molecule has 2 N–H and O–H groups in total. The number of aromatic carboxylic acids is 1. The summed E-state index contributed by atoms with van der Waals surface area (Å²) in [5.74, 6) is -1.92. The van der Waals surface area contributed by atoms with E-state index in [9.17, 15) is 14.3 Å². The lowest BCUT2D eigenvalue weighted by Gasteiger charge is -2.33. The predicted molar refractivity (Wildman–Crippen MR) is 125 cm³/mol. The largest absolute Gasteiger partial charge is 0.494 e. The number of carboxylic acids is 1. The normalized spacial score (nSPS) is 18.0. The zero-order chi connectivity index (χ0) is 24.4. The third-order valence-corrected chi connectivity index (χ3v) is 6.38. The topological polar surface area (TPSA) is 67.8 Å². The van der Waals surface area contributed by atoms with Gasteiger partial charge in [0.05, 0.1) is 12.7 Å². The number of hydrogen-bond acceptors (Lipinski definition) is 4. The summed E-state index contributed by atoms with van der Waals surface area (Å²) < 4.78 is 40.4. The highest BCUT2D eigenvalue weighted by molar-refractivity contribution is 5.90. The van der Waals surface area contributed by atoms with E-state index in [2.05, 4.69) is 5.32 Å². The highest BCUT2D eigenvalue weighted by atomic mass is 19.1. The van der Waals surface area contributed by atoms with Crippen LogP contribution in [0.25, 0.3) is 0 Å². The summed E-state index contributed by atoms with van der Waals surface area (Å²) >= 11 is 0. The fourth-order valence-corrected chi connectivity index (χ4v) is 4.50. The van der Waals surface area contributed by atoms with Gasteiger partial charge in [-0.05, 0) is 55.2 Å². The lowest BCUT2D eigenvalue weighted by Crippen LogP contribution is -2.37. The average molecular weight is 468 g/mol. The van der Waals surface area contributed by atoms with Gasteiger partial charge in [0, 0.05) is 24.1 Å². The van der Waals surface area contributed by atoms with Crippen molar-refractivity contribution in [2.24, 2.45) is 0 Å². The van der Waals surface area contributed by atoms with E-state index in [0.29, 0.717) is 29.8 Å². The van der Waals surface area contributed by atoms with Crippen LogP contribution in [-0.2, 0) is 0 Å². The highest BCUT2D eigenvalue weighted by Crippen LogP contribution is 2.42. The number of para-hydroxylation sites is 1. The maximum atomic E-state index is 15.3. The van der Waals surface area contributed by atoms with E-state index in [1.54, 1.807) is 31.2 Å². The Morgan fingerprint density at radius 2 is 1.94 bits per heavy atom. The van der Waals surface area contributed by atoms with Gasteiger partial charge in [-0.15, -0.1) is 0 Å². The van der Waals surface area contributed by atoms with Gasteiger partial charge in [-0.3, -0.25) is 0 Å². The summed E-state index contributed by atoms with van der Waals surface area (Å²) in [5, 5.41) is 12.9. The lowest BCUT2D eigenvalue weighted by atomic mass is 9.82. The third-order valence-electron chi connectivity index (χ3n) is 6.38. The first-order valence-corrected chi connectivity index (χ1v) is 11.1. The van der Waals surface area contributed by atoms with Crippen molar-refractivity contribution in [3.8, 4) is 11.5 Å². The van der Waals surface area contributed by atoms with Gasteiger partial charge in [0.1, 0.15) is 17.7 Å². The number of methoxy groups -OCH3 is 1. The Kier molecular flexibility index (Phi) is 6.84. The fourth-order valence-electron chi connectivity index (χ4n) is 4.50. The van der Waals surface area contributed by atoms with Gasteiger partial charge in [0.15, 0.2) is 11.6 Å². The number of nitrogens with one attached hydrogen (secondary N) is 1. The molecule has 5 nitrogen and oxygen atoms in total. The zero-order valence-corrected chi connectivity index (χ0v) is 19.3. The van der Waals surface area contributed by atoms with Gasteiger partial charge in [-0.1, -0.05) is 36.4 Å². The van der Waals surface area contributed by atoms with Crippen LogP contribution in [0.3, 0.4) is 0 Å². The minimum Gasteiger partial charge on any atom is -0.494 e. The Morgan fingerprint density at radius 3 is 2.68 bits per heavy atom. The summed E-state index contributed by atoms with van der Waals surface area (Å²) in [4.78, 5) is 11.7.